The standard InChI is InChI=1S/C10H9ClFN/c11-6-2-1-3-8-4-5-10(13)9(12)7-8/h4-5,7H,2,6,13H2. The molecule has 0 saturated heterocycles. The van der Waals surface area contributed by atoms with E-state index in [4.69, 9.17) is 17.3 Å². The van der Waals surface area contributed by atoms with Gasteiger partial charge >= 0.3 is 0 Å². The van der Waals surface area contributed by atoms with Gasteiger partial charge in [-0.05, 0) is 18.2 Å². The molecule has 1 aromatic rings. The second-order valence-electron chi connectivity index (χ2n) is 2.48. The van der Waals surface area contributed by atoms with Gasteiger partial charge in [-0.15, -0.1) is 11.6 Å². The highest BCUT2D eigenvalue weighted by Gasteiger charge is 1.96. The smallest absolute Gasteiger partial charge is 0.147 e. The van der Waals surface area contributed by atoms with Crippen LogP contribution in [0.4, 0.5) is 10.1 Å². The summed E-state index contributed by atoms with van der Waals surface area (Å²) in [6.07, 6.45) is 0.605. The van der Waals surface area contributed by atoms with E-state index in [0.717, 1.165) is 0 Å². The van der Waals surface area contributed by atoms with Crippen molar-refractivity contribution in [2.45, 2.75) is 6.42 Å². The Kier molecular flexibility index (Phi) is 3.60. The van der Waals surface area contributed by atoms with Gasteiger partial charge in [0.15, 0.2) is 0 Å². The zero-order valence-electron chi connectivity index (χ0n) is 6.98. The van der Waals surface area contributed by atoms with Gasteiger partial charge in [-0.1, -0.05) is 11.8 Å². The summed E-state index contributed by atoms with van der Waals surface area (Å²) in [6.45, 7) is 0. The lowest BCUT2D eigenvalue weighted by Crippen LogP contribution is -1.90. The van der Waals surface area contributed by atoms with Crippen molar-refractivity contribution in [2.75, 3.05) is 11.6 Å². The molecule has 0 aliphatic carbocycles. The molecule has 13 heavy (non-hydrogen) atoms. The fourth-order valence-electron chi connectivity index (χ4n) is 0.817. The van der Waals surface area contributed by atoms with E-state index in [1.807, 2.05) is 0 Å². The summed E-state index contributed by atoms with van der Waals surface area (Å²) in [5.41, 5.74) is 6.06. The lowest BCUT2D eigenvalue weighted by atomic mass is 10.2. The maximum atomic E-state index is 12.9. The second-order valence-corrected chi connectivity index (χ2v) is 2.86. The van der Waals surface area contributed by atoms with Crippen molar-refractivity contribution in [3.8, 4) is 11.8 Å². The first-order valence-electron chi connectivity index (χ1n) is 3.84. The van der Waals surface area contributed by atoms with Crippen molar-refractivity contribution in [1.29, 1.82) is 0 Å². The molecular formula is C10H9ClFN. The fraction of sp³-hybridized carbons (Fsp3) is 0.200. The molecule has 0 aliphatic rings. The van der Waals surface area contributed by atoms with Crippen LogP contribution >= 0.6 is 11.6 Å². The Balaban J connectivity index is 2.81. The van der Waals surface area contributed by atoms with Crippen LogP contribution in [0.5, 0.6) is 0 Å². The molecule has 1 aromatic carbocycles. The van der Waals surface area contributed by atoms with Gasteiger partial charge in [0.25, 0.3) is 0 Å². The van der Waals surface area contributed by atoms with Gasteiger partial charge in [0.2, 0.25) is 0 Å². The summed E-state index contributed by atoms with van der Waals surface area (Å²) < 4.78 is 12.9. The van der Waals surface area contributed by atoms with Crippen molar-refractivity contribution in [1.82, 2.24) is 0 Å². The molecular weight excluding hydrogens is 189 g/mol. The molecule has 0 spiro atoms. The van der Waals surface area contributed by atoms with Crippen LogP contribution < -0.4 is 5.73 Å². The molecule has 68 valence electrons. The van der Waals surface area contributed by atoms with Gasteiger partial charge in [0.05, 0.1) is 5.69 Å². The summed E-state index contributed by atoms with van der Waals surface area (Å²) in [5.74, 6) is 5.65. The van der Waals surface area contributed by atoms with E-state index in [2.05, 4.69) is 11.8 Å². The fourth-order valence-corrected chi connectivity index (χ4v) is 0.911. The molecule has 0 atom stereocenters. The largest absolute Gasteiger partial charge is 0.396 e. The maximum absolute atomic E-state index is 12.9. The minimum Gasteiger partial charge on any atom is -0.396 e. The predicted molar refractivity (Wildman–Crippen MR) is 53.0 cm³/mol. The van der Waals surface area contributed by atoms with Crippen LogP contribution in [0.2, 0.25) is 0 Å². The van der Waals surface area contributed by atoms with Crippen LogP contribution in [-0.2, 0) is 0 Å². The third-order valence-electron chi connectivity index (χ3n) is 1.45. The highest BCUT2D eigenvalue weighted by Crippen LogP contribution is 2.10. The molecule has 0 saturated carbocycles. The number of nitrogens with two attached hydrogens (primary N) is 1. The molecule has 0 aromatic heterocycles. The van der Waals surface area contributed by atoms with Crippen molar-refractivity contribution >= 4 is 17.3 Å². The summed E-state index contributed by atoms with van der Waals surface area (Å²) in [6, 6.07) is 4.50. The van der Waals surface area contributed by atoms with Crippen LogP contribution in [0.1, 0.15) is 12.0 Å². The molecule has 1 rings (SSSR count). The number of benzene rings is 1. The van der Waals surface area contributed by atoms with Gasteiger partial charge in [0, 0.05) is 17.9 Å². The number of hydrogen-bond acceptors (Lipinski definition) is 1. The molecule has 0 bridgehead atoms. The minimum atomic E-state index is -0.433. The van der Waals surface area contributed by atoms with E-state index in [0.29, 0.717) is 17.9 Å². The van der Waals surface area contributed by atoms with Crippen molar-refractivity contribution in [3.63, 3.8) is 0 Å². The Bertz CT molecular complexity index is 352. The number of hydrogen-bond donors (Lipinski definition) is 1. The maximum Gasteiger partial charge on any atom is 0.147 e. The van der Waals surface area contributed by atoms with Crippen LogP contribution in [0.15, 0.2) is 18.2 Å². The van der Waals surface area contributed by atoms with E-state index >= 15 is 0 Å². The van der Waals surface area contributed by atoms with Gasteiger partial charge in [-0.3, -0.25) is 0 Å². The second kappa shape index (κ2) is 4.74. The number of alkyl halides is 1. The van der Waals surface area contributed by atoms with E-state index in [1.54, 1.807) is 6.07 Å². The monoisotopic (exact) mass is 197 g/mol. The highest BCUT2D eigenvalue weighted by atomic mass is 35.5. The lowest BCUT2D eigenvalue weighted by Gasteiger charge is -1.95. The zero-order chi connectivity index (χ0) is 9.68. The summed E-state index contributed by atoms with van der Waals surface area (Å²) >= 11 is 5.43. The van der Waals surface area contributed by atoms with Gasteiger partial charge in [-0.25, -0.2) is 4.39 Å². The Morgan fingerprint density at radius 3 is 2.85 bits per heavy atom. The lowest BCUT2D eigenvalue weighted by molar-refractivity contribution is 0.632. The topological polar surface area (TPSA) is 26.0 Å². The molecule has 3 heteroatoms. The summed E-state index contributed by atoms with van der Waals surface area (Å²) in [5, 5.41) is 0. The van der Waals surface area contributed by atoms with Crippen LogP contribution in [0.25, 0.3) is 0 Å². The number of halogens is 2. The Morgan fingerprint density at radius 2 is 2.23 bits per heavy atom. The molecule has 2 N–H and O–H groups in total. The number of nitrogen functional groups attached to an aromatic ring is 1. The third kappa shape index (κ3) is 2.96. The first kappa shape index (κ1) is 9.88. The Hall–Kier alpha value is -1.20. The molecule has 0 unspecified atom stereocenters. The molecule has 0 amide bonds. The number of rotatable bonds is 1. The Labute approximate surface area is 81.7 Å². The average Bonchev–Trinajstić information content (AvgIpc) is 2.12. The van der Waals surface area contributed by atoms with Crippen LogP contribution in [-0.4, -0.2) is 5.88 Å². The quantitative estimate of drug-likeness (QED) is 0.418. The molecule has 0 fully saturated rings. The summed E-state index contributed by atoms with van der Waals surface area (Å²) in [7, 11) is 0. The van der Waals surface area contributed by atoms with Gasteiger partial charge in [0.1, 0.15) is 5.82 Å². The van der Waals surface area contributed by atoms with E-state index < -0.39 is 5.82 Å². The molecule has 0 aliphatic heterocycles. The van der Waals surface area contributed by atoms with E-state index in [1.165, 1.54) is 12.1 Å². The normalized spacial score (nSPS) is 9.08. The van der Waals surface area contributed by atoms with Crippen molar-refractivity contribution < 1.29 is 4.39 Å². The summed E-state index contributed by atoms with van der Waals surface area (Å²) in [4.78, 5) is 0. The van der Waals surface area contributed by atoms with Gasteiger partial charge < -0.3 is 5.73 Å². The third-order valence-corrected chi connectivity index (χ3v) is 1.64. The van der Waals surface area contributed by atoms with E-state index in [9.17, 15) is 4.39 Å². The molecule has 0 heterocycles. The zero-order valence-corrected chi connectivity index (χ0v) is 7.74. The predicted octanol–water partition coefficient (Wildman–Crippen LogP) is 2.39. The minimum absolute atomic E-state index is 0.142. The average molecular weight is 198 g/mol. The van der Waals surface area contributed by atoms with Crippen molar-refractivity contribution in [3.05, 3.63) is 29.6 Å². The Morgan fingerprint density at radius 1 is 1.46 bits per heavy atom. The first-order chi connectivity index (χ1) is 6.24. The first-order valence-corrected chi connectivity index (χ1v) is 4.37. The molecule has 0 radical (unpaired) electrons. The SMILES string of the molecule is Nc1ccc(C#CCCCl)cc1F. The van der Waals surface area contributed by atoms with Crippen LogP contribution in [0.3, 0.4) is 0 Å². The number of anilines is 1. The van der Waals surface area contributed by atoms with E-state index in [-0.39, 0.29) is 5.69 Å². The molecule has 1 nitrogen and oxygen atoms in total. The van der Waals surface area contributed by atoms with Crippen molar-refractivity contribution in [2.24, 2.45) is 0 Å². The highest BCUT2D eigenvalue weighted by molar-refractivity contribution is 6.18. The van der Waals surface area contributed by atoms with Crippen LogP contribution in [0, 0.1) is 17.7 Å². The van der Waals surface area contributed by atoms with Gasteiger partial charge in [-0.2, -0.15) is 0 Å².